The van der Waals surface area contributed by atoms with Crippen LogP contribution < -0.4 is 5.32 Å². The molecule has 5 heteroatoms. The van der Waals surface area contributed by atoms with Crippen molar-refractivity contribution in [3.8, 4) is 5.69 Å². The molecule has 20 heavy (non-hydrogen) atoms. The van der Waals surface area contributed by atoms with Crippen molar-refractivity contribution in [2.45, 2.75) is 6.92 Å². The maximum Gasteiger partial charge on any atom is 0.260 e. The quantitative estimate of drug-likeness (QED) is 0.793. The van der Waals surface area contributed by atoms with Crippen LogP contribution in [-0.4, -0.2) is 15.7 Å². The minimum atomic E-state index is -0.223. The molecule has 0 aliphatic heterocycles. The predicted molar refractivity (Wildman–Crippen MR) is 75.0 cm³/mol. The standard InChI is InChI=1S/C15H13N3O2/c1-11-9-16-18(13-5-3-2-4-6-13)14(11)17-15(19)12-7-8-20-10-12/h2-10H,1H3,(H,17,19). The second kappa shape index (κ2) is 5.05. The lowest BCUT2D eigenvalue weighted by molar-refractivity contribution is 0.102. The van der Waals surface area contributed by atoms with Crippen LogP contribution in [0, 0.1) is 6.92 Å². The monoisotopic (exact) mass is 267 g/mol. The number of anilines is 1. The first-order valence-electron chi connectivity index (χ1n) is 6.19. The van der Waals surface area contributed by atoms with Gasteiger partial charge in [-0.2, -0.15) is 5.10 Å². The molecule has 0 saturated heterocycles. The van der Waals surface area contributed by atoms with Crippen molar-refractivity contribution in [2.24, 2.45) is 0 Å². The summed E-state index contributed by atoms with van der Waals surface area (Å²) in [5, 5.41) is 7.16. The number of amides is 1. The zero-order chi connectivity index (χ0) is 13.9. The number of nitrogens with zero attached hydrogens (tertiary/aromatic N) is 2. The van der Waals surface area contributed by atoms with Gasteiger partial charge in [0.1, 0.15) is 12.1 Å². The number of aromatic nitrogens is 2. The summed E-state index contributed by atoms with van der Waals surface area (Å²) in [5.74, 6) is 0.432. The van der Waals surface area contributed by atoms with Crippen LogP contribution in [0.3, 0.4) is 0 Å². The lowest BCUT2D eigenvalue weighted by Gasteiger charge is -2.09. The number of nitrogens with one attached hydrogen (secondary N) is 1. The summed E-state index contributed by atoms with van der Waals surface area (Å²) in [4.78, 5) is 12.1. The molecule has 1 amide bonds. The third-order valence-corrected chi connectivity index (χ3v) is 2.97. The van der Waals surface area contributed by atoms with Crippen molar-refractivity contribution in [1.29, 1.82) is 0 Å². The predicted octanol–water partition coefficient (Wildman–Crippen LogP) is 3.03. The van der Waals surface area contributed by atoms with E-state index in [0.29, 0.717) is 11.4 Å². The van der Waals surface area contributed by atoms with Crippen molar-refractivity contribution >= 4 is 11.7 Å². The highest BCUT2D eigenvalue weighted by Gasteiger charge is 2.14. The molecular weight excluding hydrogens is 254 g/mol. The van der Waals surface area contributed by atoms with Gasteiger partial charge in [-0.15, -0.1) is 0 Å². The third-order valence-electron chi connectivity index (χ3n) is 2.97. The fourth-order valence-electron chi connectivity index (χ4n) is 1.92. The summed E-state index contributed by atoms with van der Waals surface area (Å²) in [7, 11) is 0. The summed E-state index contributed by atoms with van der Waals surface area (Å²) in [5.41, 5.74) is 2.26. The molecule has 0 atom stereocenters. The molecule has 0 spiro atoms. The molecule has 3 aromatic rings. The lowest BCUT2D eigenvalue weighted by atomic mass is 10.3. The van der Waals surface area contributed by atoms with Gasteiger partial charge in [-0.1, -0.05) is 18.2 Å². The van der Waals surface area contributed by atoms with E-state index >= 15 is 0 Å². The largest absolute Gasteiger partial charge is 0.472 e. The zero-order valence-electron chi connectivity index (χ0n) is 10.9. The van der Waals surface area contributed by atoms with Gasteiger partial charge < -0.3 is 9.73 Å². The second-order valence-electron chi connectivity index (χ2n) is 4.39. The van der Waals surface area contributed by atoms with E-state index in [2.05, 4.69) is 10.4 Å². The minimum Gasteiger partial charge on any atom is -0.472 e. The van der Waals surface area contributed by atoms with Crippen LogP contribution in [0.15, 0.2) is 59.5 Å². The molecule has 0 fully saturated rings. The highest BCUT2D eigenvalue weighted by Crippen LogP contribution is 2.20. The molecule has 5 nitrogen and oxygen atoms in total. The van der Waals surface area contributed by atoms with Crippen LogP contribution in [0.5, 0.6) is 0 Å². The highest BCUT2D eigenvalue weighted by molar-refractivity contribution is 6.04. The molecule has 2 heterocycles. The fraction of sp³-hybridized carbons (Fsp3) is 0.0667. The van der Waals surface area contributed by atoms with Gasteiger partial charge in [0.05, 0.1) is 23.7 Å². The van der Waals surface area contributed by atoms with Crippen molar-refractivity contribution < 1.29 is 9.21 Å². The summed E-state index contributed by atoms with van der Waals surface area (Å²) in [6, 6.07) is 11.3. The average molecular weight is 267 g/mol. The number of para-hydroxylation sites is 1. The molecule has 1 N–H and O–H groups in total. The van der Waals surface area contributed by atoms with E-state index in [9.17, 15) is 4.79 Å². The molecule has 0 saturated carbocycles. The van der Waals surface area contributed by atoms with E-state index in [4.69, 9.17) is 4.42 Å². The molecule has 0 aliphatic rings. The van der Waals surface area contributed by atoms with E-state index in [1.807, 2.05) is 37.3 Å². The summed E-state index contributed by atoms with van der Waals surface area (Å²) in [6.45, 7) is 1.90. The normalized spacial score (nSPS) is 10.4. The number of hydrogen-bond acceptors (Lipinski definition) is 3. The summed E-state index contributed by atoms with van der Waals surface area (Å²) >= 11 is 0. The SMILES string of the molecule is Cc1cnn(-c2ccccc2)c1NC(=O)c1ccoc1. The van der Waals surface area contributed by atoms with Gasteiger partial charge in [-0.05, 0) is 25.1 Å². The van der Waals surface area contributed by atoms with Gasteiger partial charge in [0.25, 0.3) is 5.91 Å². The summed E-state index contributed by atoms with van der Waals surface area (Å²) < 4.78 is 6.62. The van der Waals surface area contributed by atoms with E-state index in [0.717, 1.165) is 11.3 Å². The maximum atomic E-state index is 12.1. The van der Waals surface area contributed by atoms with Crippen molar-refractivity contribution in [3.63, 3.8) is 0 Å². The number of carbonyl (C=O) groups excluding carboxylic acids is 1. The van der Waals surface area contributed by atoms with Gasteiger partial charge >= 0.3 is 0 Å². The Morgan fingerprint density at radius 3 is 2.75 bits per heavy atom. The maximum absolute atomic E-state index is 12.1. The molecule has 2 aromatic heterocycles. The van der Waals surface area contributed by atoms with E-state index in [1.165, 1.54) is 12.5 Å². The Morgan fingerprint density at radius 2 is 2.05 bits per heavy atom. The Morgan fingerprint density at radius 1 is 1.25 bits per heavy atom. The van der Waals surface area contributed by atoms with Crippen molar-refractivity contribution in [2.75, 3.05) is 5.32 Å². The lowest BCUT2D eigenvalue weighted by Crippen LogP contribution is -2.15. The number of rotatable bonds is 3. The molecule has 1 aromatic carbocycles. The number of aryl methyl sites for hydroxylation is 1. The summed E-state index contributed by atoms with van der Waals surface area (Å²) in [6.07, 6.45) is 4.60. The van der Waals surface area contributed by atoms with Gasteiger partial charge in [-0.25, -0.2) is 4.68 Å². The molecule has 0 unspecified atom stereocenters. The molecule has 0 radical (unpaired) electrons. The zero-order valence-corrected chi connectivity index (χ0v) is 10.9. The van der Waals surface area contributed by atoms with Crippen molar-refractivity contribution in [3.05, 3.63) is 66.2 Å². The number of furan rings is 1. The number of benzene rings is 1. The fourth-order valence-corrected chi connectivity index (χ4v) is 1.92. The molecule has 0 aliphatic carbocycles. The molecule has 100 valence electrons. The smallest absolute Gasteiger partial charge is 0.260 e. The average Bonchev–Trinajstić information content (AvgIpc) is 3.11. The Kier molecular flexibility index (Phi) is 3.09. The third kappa shape index (κ3) is 2.21. The topological polar surface area (TPSA) is 60.1 Å². The first kappa shape index (κ1) is 12.2. The van der Waals surface area contributed by atoms with Gasteiger partial charge in [0, 0.05) is 5.56 Å². The second-order valence-corrected chi connectivity index (χ2v) is 4.39. The minimum absolute atomic E-state index is 0.223. The van der Waals surface area contributed by atoms with Crippen LogP contribution in [0.4, 0.5) is 5.82 Å². The first-order chi connectivity index (χ1) is 9.75. The van der Waals surface area contributed by atoms with Crippen LogP contribution in [0.2, 0.25) is 0 Å². The Labute approximate surface area is 115 Å². The van der Waals surface area contributed by atoms with Crippen LogP contribution in [-0.2, 0) is 0 Å². The van der Waals surface area contributed by atoms with Gasteiger partial charge in [0.15, 0.2) is 0 Å². The van der Waals surface area contributed by atoms with Crippen molar-refractivity contribution in [1.82, 2.24) is 9.78 Å². The van der Waals surface area contributed by atoms with Crippen LogP contribution in [0.25, 0.3) is 5.69 Å². The van der Waals surface area contributed by atoms with Crippen LogP contribution in [0.1, 0.15) is 15.9 Å². The molecule has 3 rings (SSSR count). The highest BCUT2D eigenvalue weighted by atomic mass is 16.3. The molecule has 0 bridgehead atoms. The molecular formula is C15H13N3O2. The number of hydrogen-bond donors (Lipinski definition) is 1. The van der Waals surface area contributed by atoms with E-state index in [-0.39, 0.29) is 5.91 Å². The van der Waals surface area contributed by atoms with E-state index < -0.39 is 0 Å². The Hall–Kier alpha value is -2.82. The Balaban J connectivity index is 1.94. The Bertz CT molecular complexity index is 715. The van der Waals surface area contributed by atoms with Crippen LogP contribution >= 0.6 is 0 Å². The van der Waals surface area contributed by atoms with Gasteiger partial charge in [-0.3, -0.25) is 4.79 Å². The number of carbonyl (C=O) groups is 1. The van der Waals surface area contributed by atoms with Gasteiger partial charge in [0.2, 0.25) is 0 Å². The first-order valence-corrected chi connectivity index (χ1v) is 6.19. The van der Waals surface area contributed by atoms with E-state index in [1.54, 1.807) is 16.9 Å².